The lowest BCUT2D eigenvalue weighted by Gasteiger charge is -2.12. The summed E-state index contributed by atoms with van der Waals surface area (Å²) in [5, 5.41) is 9.62. The molecular formula is C18H16F3N3O6S2. The van der Waals surface area contributed by atoms with Crippen LogP contribution in [0.15, 0.2) is 35.4 Å². The SMILES string of the molecule is COc1ccc(COCc2cc(OSOOC(F)(F)F)nc(SCC(N)=O)c2C#N)cc1. The molecule has 0 unspecified atom stereocenters. The van der Waals surface area contributed by atoms with Gasteiger partial charge < -0.3 is 19.4 Å². The van der Waals surface area contributed by atoms with Crippen LogP contribution in [0.5, 0.6) is 11.6 Å². The maximum Gasteiger partial charge on any atom is 0.550 e. The third-order valence-electron chi connectivity index (χ3n) is 3.47. The summed E-state index contributed by atoms with van der Waals surface area (Å²) in [5.41, 5.74) is 6.41. The molecular weight excluding hydrogens is 475 g/mol. The molecule has 1 aromatic heterocycles. The Labute approximate surface area is 189 Å². The van der Waals surface area contributed by atoms with Crippen molar-refractivity contribution in [1.29, 1.82) is 5.26 Å². The van der Waals surface area contributed by atoms with E-state index in [0.717, 1.165) is 17.3 Å². The molecule has 1 heterocycles. The number of hydrogen-bond donors (Lipinski definition) is 1. The Kier molecular flexibility index (Phi) is 9.88. The van der Waals surface area contributed by atoms with Gasteiger partial charge in [-0.25, -0.2) is 4.98 Å². The molecule has 0 aliphatic rings. The number of pyridine rings is 1. The van der Waals surface area contributed by atoms with Gasteiger partial charge in [0.2, 0.25) is 11.8 Å². The fourth-order valence-electron chi connectivity index (χ4n) is 2.17. The Bertz CT molecular complexity index is 955. The second kappa shape index (κ2) is 12.4. The predicted octanol–water partition coefficient (Wildman–Crippen LogP) is 3.67. The van der Waals surface area contributed by atoms with Crippen LogP contribution in [0.25, 0.3) is 0 Å². The van der Waals surface area contributed by atoms with Crippen LogP contribution in [0.1, 0.15) is 16.7 Å². The van der Waals surface area contributed by atoms with Crippen LogP contribution in [0, 0.1) is 11.3 Å². The Morgan fingerprint density at radius 1 is 1.25 bits per heavy atom. The van der Waals surface area contributed by atoms with Gasteiger partial charge in [-0.1, -0.05) is 23.9 Å². The molecule has 0 fully saturated rings. The fraction of sp³-hybridized carbons (Fsp3) is 0.278. The molecule has 1 amide bonds. The quantitative estimate of drug-likeness (QED) is 0.155. The van der Waals surface area contributed by atoms with E-state index in [9.17, 15) is 23.2 Å². The molecule has 0 saturated carbocycles. The lowest BCUT2D eigenvalue weighted by atomic mass is 10.1. The number of carbonyl (C=O) groups is 1. The molecule has 1 aromatic carbocycles. The van der Waals surface area contributed by atoms with Gasteiger partial charge in [0.25, 0.3) is 12.3 Å². The van der Waals surface area contributed by atoms with Crippen LogP contribution in [0.2, 0.25) is 0 Å². The molecule has 0 saturated heterocycles. The molecule has 0 atom stereocenters. The van der Waals surface area contributed by atoms with E-state index in [1.165, 1.54) is 6.07 Å². The first kappa shape index (κ1) is 25.6. The van der Waals surface area contributed by atoms with E-state index in [1.807, 2.05) is 6.07 Å². The Hall–Kier alpha value is -2.70. The number of methoxy groups -OCH3 is 1. The van der Waals surface area contributed by atoms with Crippen molar-refractivity contribution in [3.63, 3.8) is 0 Å². The number of nitriles is 1. The molecule has 0 bridgehead atoms. The van der Waals surface area contributed by atoms with E-state index in [0.29, 0.717) is 11.3 Å². The van der Waals surface area contributed by atoms with E-state index in [2.05, 4.69) is 14.2 Å². The standard InChI is InChI=1S/C18H16F3N3O6S2/c1-26-13-4-2-11(3-5-13)8-27-9-12-6-16(28-32-30-29-18(19,20)21)24-17(14(12)7-22)31-10-15(23)25/h2-6H,8-10H2,1H3,(H2,23,25). The van der Waals surface area contributed by atoms with Crippen LogP contribution >= 0.6 is 24.1 Å². The smallest absolute Gasteiger partial charge is 0.497 e. The third kappa shape index (κ3) is 8.81. The number of carbonyl (C=O) groups excluding carboxylic acids is 1. The molecule has 2 aromatic rings. The van der Waals surface area contributed by atoms with Crippen LogP contribution < -0.4 is 14.7 Å². The number of aromatic nitrogens is 1. The van der Waals surface area contributed by atoms with Crippen LogP contribution in [0.4, 0.5) is 13.2 Å². The number of primary amides is 1. The van der Waals surface area contributed by atoms with Gasteiger partial charge in [0.05, 0.1) is 31.6 Å². The van der Waals surface area contributed by atoms with Gasteiger partial charge in [-0.05, 0) is 17.7 Å². The number of amides is 1. The monoisotopic (exact) mass is 491 g/mol. The summed E-state index contributed by atoms with van der Waals surface area (Å²) in [6.45, 7) is 0.150. The van der Waals surface area contributed by atoms with Crippen molar-refractivity contribution >= 4 is 30.0 Å². The fourth-order valence-corrected chi connectivity index (χ4v) is 3.21. The van der Waals surface area contributed by atoms with Gasteiger partial charge in [0.15, 0.2) is 0 Å². The number of thioether (sulfide) groups is 1. The van der Waals surface area contributed by atoms with E-state index in [-0.39, 0.29) is 47.8 Å². The third-order valence-corrected chi connectivity index (χ3v) is 4.83. The normalized spacial score (nSPS) is 11.1. The highest BCUT2D eigenvalue weighted by atomic mass is 32.2. The zero-order chi connectivity index (χ0) is 23.6. The molecule has 0 radical (unpaired) electrons. The zero-order valence-electron chi connectivity index (χ0n) is 16.4. The first-order valence-electron chi connectivity index (χ1n) is 8.53. The minimum atomic E-state index is -5.02. The second-order valence-electron chi connectivity index (χ2n) is 5.76. The number of halogens is 3. The molecule has 172 valence electrons. The molecule has 32 heavy (non-hydrogen) atoms. The number of nitrogens with zero attached hydrogens (tertiary/aromatic N) is 2. The summed E-state index contributed by atoms with van der Waals surface area (Å²) in [7, 11) is 1.55. The van der Waals surface area contributed by atoms with Crippen molar-refractivity contribution in [3.8, 4) is 17.7 Å². The Morgan fingerprint density at radius 2 is 1.97 bits per heavy atom. The number of ether oxygens (including phenoxy) is 2. The highest BCUT2D eigenvalue weighted by Gasteiger charge is 2.32. The van der Waals surface area contributed by atoms with E-state index < -0.39 is 12.3 Å². The number of rotatable bonds is 12. The van der Waals surface area contributed by atoms with Crippen molar-refractivity contribution in [3.05, 3.63) is 47.0 Å². The van der Waals surface area contributed by atoms with E-state index >= 15 is 0 Å². The lowest BCUT2D eigenvalue weighted by molar-refractivity contribution is -0.441. The zero-order valence-corrected chi connectivity index (χ0v) is 18.0. The van der Waals surface area contributed by atoms with Gasteiger partial charge in [0.1, 0.15) is 16.8 Å². The first-order valence-corrected chi connectivity index (χ1v) is 10.2. The van der Waals surface area contributed by atoms with Crippen LogP contribution in [-0.4, -0.2) is 30.1 Å². The summed E-state index contributed by atoms with van der Waals surface area (Å²) in [6.07, 6.45) is -5.02. The summed E-state index contributed by atoms with van der Waals surface area (Å²) in [4.78, 5) is 18.2. The maximum atomic E-state index is 12.0. The predicted molar refractivity (Wildman–Crippen MR) is 107 cm³/mol. The van der Waals surface area contributed by atoms with Gasteiger partial charge in [-0.2, -0.15) is 5.26 Å². The Balaban J connectivity index is 2.12. The summed E-state index contributed by atoms with van der Waals surface area (Å²) < 4.78 is 55.4. The van der Waals surface area contributed by atoms with Gasteiger partial charge in [-0.3, -0.25) is 4.79 Å². The topological polar surface area (TPSA) is 126 Å². The summed E-state index contributed by atoms with van der Waals surface area (Å²) >= 11 is 0.738. The molecule has 2 rings (SSSR count). The molecule has 2 N–H and O–H groups in total. The largest absolute Gasteiger partial charge is 0.550 e. The molecule has 0 aliphatic heterocycles. The molecule has 14 heteroatoms. The van der Waals surface area contributed by atoms with E-state index in [4.69, 9.17) is 19.4 Å². The first-order chi connectivity index (χ1) is 15.2. The number of benzene rings is 1. The maximum absolute atomic E-state index is 12.0. The van der Waals surface area contributed by atoms with Crippen molar-refractivity contribution in [2.75, 3.05) is 12.9 Å². The van der Waals surface area contributed by atoms with Crippen LogP contribution in [0.3, 0.4) is 0 Å². The van der Waals surface area contributed by atoms with Crippen molar-refractivity contribution in [2.45, 2.75) is 24.6 Å². The average molecular weight is 491 g/mol. The number of alkyl halides is 3. The minimum Gasteiger partial charge on any atom is -0.497 e. The van der Waals surface area contributed by atoms with Crippen LogP contribution in [-0.2, 0) is 32.0 Å². The highest BCUT2D eigenvalue weighted by molar-refractivity contribution is 8.00. The van der Waals surface area contributed by atoms with Crippen molar-refractivity contribution < 1.29 is 40.8 Å². The van der Waals surface area contributed by atoms with Crippen molar-refractivity contribution in [2.24, 2.45) is 5.73 Å². The molecule has 0 spiro atoms. The minimum absolute atomic E-state index is 0.0531. The average Bonchev–Trinajstić information content (AvgIpc) is 2.75. The van der Waals surface area contributed by atoms with Crippen molar-refractivity contribution in [1.82, 2.24) is 4.98 Å². The van der Waals surface area contributed by atoms with Gasteiger partial charge >= 0.3 is 6.36 Å². The van der Waals surface area contributed by atoms with Gasteiger partial charge in [0, 0.05) is 11.6 Å². The summed E-state index contributed by atoms with van der Waals surface area (Å²) in [5.74, 6) is -0.352. The van der Waals surface area contributed by atoms with E-state index in [1.54, 1.807) is 31.4 Å². The van der Waals surface area contributed by atoms with Gasteiger partial charge in [-0.15, -0.1) is 22.4 Å². The molecule has 9 nitrogen and oxygen atoms in total. The summed E-state index contributed by atoms with van der Waals surface area (Å²) in [6, 6.07) is 10.4. The highest BCUT2D eigenvalue weighted by Crippen LogP contribution is 2.29. The molecule has 0 aliphatic carbocycles. The Morgan fingerprint density at radius 3 is 2.56 bits per heavy atom. The number of hydrogen-bond acceptors (Lipinski definition) is 10. The second-order valence-corrected chi connectivity index (χ2v) is 7.16. The number of nitrogens with two attached hydrogens (primary N) is 1. The lowest BCUT2D eigenvalue weighted by Crippen LogP contribution is -2.13.